The van der Waals surface area contributed by atoms with E-state index in [2.05, 4.69) is 36.0 Å². The zero-order valence-corrected chi connectivity index (χ0v) is 15.8. The number of carbonyl (C=O) groups excluding carboxylic acids is 1. The second-order valence-corrected chi connectivity index (χ2v) is 8.84. The maximum Gasteiger partial charge on any atom is 0.243 e. The first-order chi connectivity index (χ1) is 11.4. The van der Waals surface area contributed by atoms with Crippen LogP contribution in [0.4, 0.5) is 5.13 Å². The maximum absolute atomic E-state index is 12.7. The Kier molecular flexibility index (Phi) is 5.57. The van der Waals surface area contributed by atoms with Crippen molar-refractivity contribution in [2.24, 2.45) is 5.92 Å². The van der Waals surface area contributed by atoms with Crippen molar-refractivity contribution in [3.63, 3.8) is 0 Å². The Morgan fingerprint density at radius 1 is 1.38 bits per heavy atom. The quantitative estimate of drug-likeness (QED) is 0.904. The van der Waals surface area contributed by atoms with E-state index in [0.29, 0.717) is 5.92 Å². The van der Waals surface area contributed by atoms with Crippen LogP contribution in [0.1, 0.15) is 52.1 Å². The fourth-order valence-electron chi connectivity index (χ4n) is 3.47. The molecule has 1 unspecified atom stereocenters. The largest absolute Gasteiger partial charge is 0.381 e. The third-order valence-electron chi connectivity index (χ3n) is 5.00. The predicted molar refractivity (Wildman–Crippen MR) is 97.6 cm³/mol. The summed E-state index contributed by atoms with van der Waals surface area (Å²) in [5, 5.41) is 5.82. The lowest BCUT2D eigenvalue weighted by atomic mass is 9.93. The third-order valence-corrected chi connectivity index (χ3v) is 5.76. The molecule has 5 nitrogen and oxygen atoms in total. The monoisotopic (exact) mass is 351 g/mol. The molecule has 0 spiro atoms. The van der Waals surface area contributed by atoms with Crippen LogP contribution in [0.3, 0.4) is 0 Å². The smallest absolute Gasteiger partial charge is 0.243 e. The molecule has 0 saturated carbocycles. The molecule has 2 aliphatic heterocycles. The molecular formula is C18H29N3O2S. The molecule has 1 aromatic heterocycles. The van der Waals surface area contributed by atoms with Crippen LogP contribution < -0.4 is 5.32 Å². The zero-order valence-electron chi connectivity index (χ0n) is 15.0. The van der Waals surface area contributed by atoms with E-state index >= 15 is 0 Å². The van der Waals surface area contributed by atoms with E-state index < -0.39 is 0 Å². The fourth-order valence-corrected chi connectivity index (χ4v) is 4.41. The fraction of sp³-hybridized carbons (Fsp3) is 0.778. The van der Waals surface area contributed by atoms with E-state index in [0.717, 1.165) is 62.8 Å². The molecule has 0 aliphatic carbocycles. The Balaban J connectivity index is 1.58. The highest BCUT2D eigenvalue weighted by Crippen LogP contribution is 2.28. The number of nitrogens with zero attached hydrogens (tertiary/aromatic N) is 2. The molecule has 2 fully saturated rings. The van der Waals surface area contributed by atoms with Crippen molar-refractivity contribution in [2.45, 2.75) is 57.9 Å². The predicted octanol–water partition coefficient (Wildman–Crippen LogP) is 3.27. The molecule has 2 aliphatic rings. The second-order valence-electron chi connectivity index (χ2n) is 7.99. The van der Waals surface area contributed by atoms with Crippen molar-refractivity contribution >= 4 is 22.4 Å². The molecule has 1 aromatic rings. The van der Waals surface area contributed by atoms with Gasteiger partial charge in [0.05, 0.1) is 11.7 Å². The zero-order chi connectivity index (χ0) is 17.2. The van der Waals surface area contributed by atoms with Gasteiger partial charge in [-0.25, -0.2) is 4.98 Å². The van der Waals surface area contributed by atoms with E-state index in [1.807, 2.05) is 5.38 Å². The van der Waals surface area contributed by atoms with Crippen LogP contribution in [0, 0.1) is 5.92 Å². The maximum atomic E-state index is 12.7. The number of hydrogen-bond donors (Lipinski definition) is 1. The van der Waals surface area contributed by atoms with Gasteiger partial charge in [0.1, 0.15) is 0 Å². The molecule has 0 radical (unpaired) electrons. The highest BCUT2D eigenvalue weighted by Gasteiger charge is 2.33. The lowest BCUT2D eigenvalue weighted by Gasteiger charge is -2.30. The van der Waals surface area contributed by atoms with Crippen LogP contribution in [0.25, 0.3) is 0 Å². The number of ether oxygens (including phenoxy) is 1. The topological polar surface area (TPSA) is 54.5 Å². The number of carbonyl (C=O) groups is 1. The van der Waals surface area contributed by atoms with E-state index in [9.17, 15) is 4.79 Å². The second kappa shape index (κ2) is 7.50. The number of hydrogen-bond acceptors (Lipinski definition) is 5. The minimum Gasteiger partial charge on any atom is -0.381 e. The number of aromatic nitrogens is 1. The summed E-state index contributed by atoms with van der Waals surface area (Å²) in [7, 11) is 0. The molecule has 24 heavy (non-hydrogen) atoms. The van der Waals surface area contributed by atoms with Crippen molar-refractivity contribution in [3.8, 4) is 0 Å². The average Bonchev–Trinajstić information content (AvgIpc) is 3.17. The van der Waals surface area contributed by atoms with Crippen LogP contribution in [-0.4, -0.2) is 48.1 Å². The van der Waals surface area contributed by atoms with Gasteiger partial charge in [0, 0.05) is 30.6 Å². The van der Waals surface area contributed by atoms with Gasteiger partial charge in [-0.15, -0.1) is 11.3 Å². The van der Waals surface area contributed by atoms with E-state index in [1.165, 1.54) is 11.3 Å². The van der Waals surface area contributed by atoms with Gasteiger partial charge in [-0.05, 0) is 38.1 Å². The van der Waals surface area contributed by atoms with E-state index in [-0.39, 0.29) is 17.4 Å². The highest BCUT2D eigenvalue weighted by atomic mass is 32.1. The summed E-state index contributed by atoms with van der Waals surface area (Å²) in [6, 6.07) is -0.00479. The number of thiazole rings is 1. The minimum atomic E-state index is -0.00479. The van der Waals surface area contributed by atoms with Gasteiger partial charge in [-0.2, -0.15) is 0 Å². The van der Waals surface area contributed by atoms with Crippen LogP contribution in [0.2, 0.25) is 0 Å². The Bertz CT molecular complexity index is 561. The number of likely N-dealkylation sites (tertiary alicyclic amines) is 1. The van der Waals surface area contributed by atoms with E-state index in [1.54, 1.807) is 0 Å². The first-order valence-corrected chi connectivity index (χ1v) is 9.90. The van der Waals surface area contributed by atoms with Crippen molar-refractivity contribution in [3.05, 3.63) is 11.1 Å². The van der Waals surface area contributed by atoms with Gasteiger partial charge in [0.2, 0.25) is 5.91 Å². The number of rotatable bonds is 4. The molecule has 3 heterocycles. The Morgan fingerprint density at radius 2 is 2.12 bits per heavy atom. The van der Waals surface area contributed by atoms with E-state index in [4.69, 9.17) is 4.74 Å². The van der Waals surface area contributed by atoms with Crippen LogP contribution in [0.15, 0.2) is 5.38 Å². The molecule has 6 heteroatoms. The van der Waals surface area contributed by atoms with Crippen molar-refractivity contribution in [2.75, 3.05) is 31.6 Å². The first-order valence-electron chi connectivity index (χ1n) is 9.02. The Labute approximate surface area is 148 Å². The van der Waals surface area contributed by atoms with Crippen LogP contribution >= 0.6 is 11.3 Å². The molecule has 2 saturated heterocycles. The van der Waals surface area contributed by atoms with Gasteiger partial charge in [-0.3, -0.25) is 9.69 Å². The van der Waals surface area contributed by atoms with Crippen molar-refractivity contribution in [1.29, 1.82) is 0 Å². The highest BCUT2D eigenvalue weighted by molar-refractivity contribution is 7.14. The molecular weight excluding hydrogens is 322 g/mol. The van der Waals surface area contributed by atoms with Gasteiger partial charge in [0.15, 0.2) is 5.13 Å². The molecule has 1 N–H and O–H groups in total. The van der Waals surface area contributed by atoms with Gasteiger partial charge in [-0.1, -0.05) is 20.8 Å². The minimum absolute atomic E-state index is 0.00479. The number of amides is 1. The van der Waals surface area contributed by atoms with Crippen LogP contribution in [-0.2, 0) is 14.9 Å². The molecule has 0 bridgehead atoms. The van der Waals surface area contributed by atoms with Gasteiger partial charge >= 0.3 is 0 Å². The molecule has 1 amide bonds. The summed E-state index contributed by atoms with van der Waals surface area (Å²) in [4.78, 5) is 19.7. The van der Waals surface area contributed by atoms with Gasteiger partial charge in [0.25, 0.3) is 0 Å². The average molecular weight is 352 g/mol. The lowest BCUT2D eigenvalue weighted by Crippen LogP contribution is -2.42. The Morgan fingerprint density at radius 3 is 2.79 bits per heavy atom. The molecule has 1 atom stereocenters. The lowest BCUT2D eigenvalue weighted by molar-refractivity contribution is -0.120. The van der Waals surface area contributed by atoms with Crippen LogP contribution in [0.5, 0.6) is 0 Å². The number of nitrogens with one attached hydrogen (secondary N) is 1. The summed E-state index contributed by atoms with van der Waals surface area (Å²) in [5.41, 5.74) is 1.05. The molecule has 0 aromatic carbocycles. The number of anilines is 1. The first kappa shape index (κ1) is 17.8. The third kappa shape index (κ3) is 4.35. The summed E-state index contributed by atoms with van der Waals surface area (Å²) in [6.07, 6.45) is 4.29. The standard InChI is InChI=1S/C18H29N3O2S/c1-18(2,3)15-12-24-17(19-15)20-16(22)14-5-4-8-21(14)11-13-6-9-23-10-7-13/h12-14H,4-11H2,1-3H3,(H,19,20,22). The molecule has 134 valence electrons. The molecule has 3 rings (SSSR count). The SMILES string of the molecule is CC(C)(C)c1csc(NC(=O)C2CCCN2CC2CCOCC2)n1. The van der Waals surface area contributed by atoms with Crippen molar-refractivity contribution < 1.29 is 9.53 Å². The summed E-state index contributed by atoms with van der Waals surface area (Å²) in [5.74, 6) is 0.772. The van der Waals surface area contributed by atoms with Crippen molar-refractivity contribution in [1.82, 2.24) is 9.88 Å². The normalized spacial score (nSPS) is 23.5. The Hall–Kier alpha value is -0.980. The summed E-state index contributed by atoms with van der Waals surface area (Å²) in [6.45, 7) is 10.2. The summed E-state index contributed by atoms with van der Waals surface area (Å²) >= 11 is 1.52. The van der Waals surface area contributed by atoms with Gasteiger partial charge < -0.3 is 10.1 Å². The summed E-state index contributed by atoms with van der Waals surface area (Å²) < 4.78 is 5.44.